The van der Waals surface area contributed by atoms with Gasteiger partial charge in [-0.2, -0.15) is 0 Å². The summed E-state index contributed by atoms with van der Waals surface area (Å²) < 4.78 is 5.36. The average Bonchev–Trinajstić information content (AvgIpc) is 2.41. The van der Waals surface area contributed by atoms with Gasteiger partial charge in [0.15, 0.2) is 0 Å². The highest BCUT2D eigenvalue weighted by molar-refractivity contribution is 6.30. The Morgan fingerprint density at radius 2 is 2.17 bits per heavy atom. The monoisotopic (exact) mass is 270 g/mol. The molecule has 100 valence electrons. The maximum absolute atomic E-state index is 9.68. The van der Waals surface area contributed by atoms with Crippen LogP contribution in [0.4, 0.5) is 0 Å². The van der Waals surface area contributed by atoms with Gasteiger partial charge >= 0.3 is 0 Å². The molecule has 0 bridgehead atoms. The van der Waals surface area contributed by atoms with E-state index in [1.807, 2.05) is 12.1 Å². The Bertz CT molecular complexity index is 395. The second kappa shape index (κ2) is 6.38. The number of aliphatic hydroxyl groups excluding tert-OH is 1. The summed E-state index contributed by atoms with van der Waals surface area (Å²) in [4.78, 5) is 2.25. The number of benzene rings is 1. The van der Waals surface area contributed by atoms with Crippen LogP contribution in [-0.2, 0) is 0 Å². The van der Waals surface area contributed by atoms with Crippen LogP contribution < -0.4 is 10.1 Å². The van der Waals surface area contributed by atoms with Crippen LogP contribution in [-0.4, -0.2) is 49.9 Å². The van der Waals surface area contributed by atoms with E-state index in [1.54, 1.807) is 13.2 Å². The molecule has 2 rings (SSSR count). The molecule has 1 unspecified atom stereocenters. The van der Waals surface area contributed by atoms with Gasteiger partial charge in [-0.05, 0) is 18.2 Å². The second-order valence-electron chi connectivity index (χ2n) is 4.37. The van der Waals surface area contributed by atoms with E-state index in [4.69, 9.17) is 16.3 Å². The number of hydrogen-bond donors (Lipinski definition) is 2. The molecule has 0 aliphatic carbocycles. The molecule has 1 atom stereocenters. The molecule has 2 N–H and O–H groups in total. The fraction of sp³-hybridized carbons (Fsp3) is 0.538. The van der Waals surface area contributed by atoms with Gasteiger partial charge in [0.05, 0.1) is 19.8 Å². The fourth-order valence-electron chi connectivity index (χ4n) is 2.37. The summed E-state index contributed by atoms with van der Waals surface area (Å²) in [6, 6.07) is 5.47. The van der Waals surface area contributed by atoms with Crippen molar-refractivity contribution in [3.63, 3.8) is 0 Å². The van der Waals surface area contributed by atoms with Crippen molar-refractivity contribution >= 4 is 11.6 Å². The predicted molar refractivity (Wildman–Crippen MR) is 72.3 cm³/mol. The van der Waals surface area contributed by atoms with Crippen molar-refractivity contribution in [1.82, 2.24) is 10.2 Å². The highest BCUT2D eigenvalue weighted by Crippen LogP contribution is 2.31. The summed E-state index contributed by atoms with van der Waals surface area (Å²) in [6.07, 6.45) is 0. The molecule has 0 aromatic heterocycles. The van der Waals surface area contributed by atoms with Crippen LogP contribution >= 0.6 is 11.6 Å². The number of nitrogens with zero attached hydrogens (tertiary/aromatic N) is 1. The SMILES string of the molecule is COc1ccc(Cl)cc1C(CO)N1CCNCC1. The number of piperazine rings is 1. The zero-order valence-corrected chi connectivity index (χ0v) is 11.3. The Labute approximate surface area is 113 Å². The zero-order chi connectivity index (χ0) is 13.0. The minimum atomic E-state index is -0.0549. The maximum atomic E-state index is 9.68. The van der Waals surface area contributed by atoms with Gasteiger partial charge in [-0.15, -0.1) is 0 Å². The molecule has 1 saturated heterocycles. The first kappa shape index (κ1) is 13.6. The molecule has 1 aliphatic rings. The molecule has 1 fully saturated rings. The fourth-order valence-corrected chi connectivity index (χ4v) is 2.55. The second-order valence-corrected chi connectivity index (χ2v) is 4.81. The number of methoxy groups -OCH3 is 1. The maximum Gasteiger partial charge on any atom is 0.123 e. The highest BCUT2D eigenvalue weighted by Gasteiger charge is 2.24. The number of rotatable bonds is 4. The third-order valence-corrected chi connectivity index (χ3v) is 3.55. The van der Waals surface area contributed by atoms with Crippen molar-refractivity contribution in [2.45, 2.75) is 6.04 Å². The van der Waals surface area contributed by atoms with Gasteiger partial charge in [0, 0.05) is 36.8 Å². The van der Waals surface area contributed by atoms with Gasteiger partial charge in [-0.25, -0.2) is 0 Å². The summed E-state index contributed by atoms with van der Waals surface area (Å²) in [6.45, 7) is 3.79. The van der Waals surface area contributed by atoms with E-state index in [-0.39, 0.29) is 12.6 Å². The Morgan fingerprint density at radius 1 is 1.44 bits per heavy atom. The van der Waals surface area contributed by atoms with E-state index >= 15 is 0 Å². The van der Waals surface area contributed by atoms with Gasteiger partial charge in [-0.3, -0.25) is 4.90 Å². The van der Waals surface area contributed by atoms with Crippen molar-refractivity contribution in [3.05, 3.63) is 28.8 Å². The molecule has 1 aliphatic heterocycles. The standard InChI is InChI=1S/C13H19ClN2O2/c1-18-13-3-2-10(14)8-11(13)12(9-17)16-6-4-15-5-7-16/h2-3,8,12,15,17H,4-7,9H2,1H3. The van der Waals surface area contributed by atoms with Crippen LogP contribution in [0.5, 0.6) is 5.75 Å². The molecule has 4 nitrogen and oxygen atoms in total. The van der Waals surface area contributed by atoms with Gasteiger partial charge in [-0.1, -0.05) is 11.6 Å². The van der Waals surface area contributed by atoms with E-state index < -0.39 is 0 Å². The van der Waals surface area contributed by atoms with E-state index in [2.05, 4.69) is 10.2 Å². The van der Waals surface area contributed by atoms with E-state index in [0.717, 1.165) is 37.5 Å². The highest BCUT2D eigenvalue weighted by atomic mass is 35.5. The first-order valence-electron chi connectivity index (χ1n) is 6.15. The van der Waals surface area contributed by atoms with Crippen LogP contribution in [0, 0.1) is 0 Å². The number of halogens is 1. The summed E-state index contributed by atoms with van der Waals surface area (Å²) in [5.41, 5.74) is 0.953. The van der Waals surface area contributed by atoms with E-state index in [9.17, 15) is 5.11 Å². The molecular weight excluding hydrogens is 252 g/mol. The largest absolute Gasteiger partial charge is 0.496 e. The number of aliphatic hydroxyl groups is 1. The molecular formula is C13H19ClN2O2. The summed E-state index contributed by atoms with van der Waals surface area (Å²) in [5, 5.41) is 13.7. The zero-order valence-electron chi connectivity index (χ0n) is 10.5. The van der Waals surface area contributed by atoms with Crippen LogP contribution in [0.3, 0.4) is 0 Å². The summed E-state index contributed by atoms with van der Waals surface area (Å²) >= 11 is 6.05. The normalized spacial score (nSPS) is 18.6. The minimum Gasteiger partial charge on any atom is -0.496 e. The quantitative estimate of drug-likeness (QED) is 0.865. The molecule has 18 heavy (non-hydrogen) atoms. The topological polar surface area (TPSA) is 44.7 Å². The molecule has 0 spiro atoms. The lowest BCUT2D eigenvalue weighted by Crippen LogP contribution is -2.46. The Hall–Kier alpha value is -0.810. The van der Waals surface area contributed by atoms with Crippen LogP contribution in [0.15, 0.2) is 18.2 Å². The van der Waals surface area contributed by atoms with Crippen molar-refractivity contribution in [3.8, 4) is 5.75 Å². The van der Waals surface area contributed by atoms with Gasteiger partial charge in [0.2, 0.25) is 0 Å². The molecule has 1 aromatic rings. The molecule has 5 heteroatoms. The van der Waals surface area contributed by atoms with E-state index in [0.29, 0.717) is 5.02 Å². The third kappa shape index (κ3) is 2.95. The molecule has 1 heterocycles. The lowest BCUT2D eigenvalue weighted by Gasteiger charge is -2.34. The lowest BCUT2D eigenvalue weighted by atomic mass is 10.0. The Kier molecular flexibility index (Phi) is 4.83. The van der Waals surface area contributed by atoms with Gasteiger partial charge in [0.25, 0.3) is 0 Å². The van der Waals surface area contributed by atoms with Gasteiger partial charge in [0.1, 0.15) is 5.75 Å². The predicted octanol–water partition coefficient (Wildman–Crippen LogP) is 1.29. The molecule has 0 radical (unpaired) electrons. The Balaban J connectivity index is 2.27. The van der Waals surface area contributed by atoms with Crippen molar-refractivity contribution in [1.29, 1.82) is 0 Å². The van der Waals surface area contributed by atoms with Crippen molar-refractivity contribution < 1.29 is 9.84 Å². The van der Waals surface area contributed by atoms with Crippen LogP contribution in [0.25, 0.3) is 0 Å². The van der Waals surface area contributed by atoms with Gasteiger partial charge < -0.3 is 15.2 Å². The number of ether oxygens (including phenoxy) is 1. The van der Waals surface area contributed by atoms with Crippen LogP contribution in [0.1, 0.15) is 11.6 Å². The number of hydrogen-bond acceptors (Lipinski definition) is 4. The van der Waals surface area contributed by atoms with E-state index in [1.165, 1.54) is 0 Å². The molecule has 1 aromatic carbocycles. The molecule has 0 amide bonds. The first-order valence-corrected chi connectivity index (χ1v) is 6.53. The van der Waals surface area contributed by atoms with Crippen molar-refractivity contribution in [2.24, 2.45) is 0 Å². The summed E-state index contributed by atoms with van der Waals surface area (Å²) in [7, 11) is 1.64. The summed E-state index contributed by atoms with van der Waals surface area (Å²) in [5.74, 6) is 0.775. The number of nitrogens with one attached hydrogen (secondary N) is 1. The lowest BCUT2D eigenvalue weighted by molar-refractivity contribution is 0.109. The third-order valence-electron chi connectivity index (χ3n) is 3.32. The van der Waals surface area contributed by atoms with Crippen LogP contribution in [0.2, 0.25) is 5.02 Å². The minimum absolute atomic E-state index is 0.0549. The Morgan fingerprint density at radius 3 is 2.78 bits per heavy atom. The smallest absolute Gasteiger partial charge is 0.123 e. The van der Waals surface area contributed by atoms with Crippen molar-refractivity contribution in [2.75, 3.05) is 39.9 Å². The first-order chi connectivity index (χ1) is 8.76. The molecule has 0 saturated carbocycles. The average molecular weight is 271 g/mol.